The molecule has 3 N–H and O–H groups in total. The largest absolute Gasteiger partial charge is 0.393 e. The van der Waals surface area contributed by atoms with Crippen molar-refractivity contribution in [2.75, 3.05) is 11.1 Å². The fourth-order valence-corrected chi connectivity index (χ4v) is 1.89. The average Bonchev–Trinajstić information content (AvgIpc) is 2.41. The Balaban J connectivity index is 2.24. The van der Waals surface area contributed by atoms with Crippen LogP contribution >= 0.6 is 11.6 Å². The number of nitrogens with zero attached hydrogens (tertiary/aromatic N) is 2. The number of nitrogens with one attached hydrogen (secondary N) is 1. The molecule has 0 bridgehead atoms. The summed E-state index contributed by atoms with van der Waals surface area (Å²) in [6.07, 6.45) is 2.32. The molecule has 5 heteroatoms. The van der Waals surface area contributed by atoms with E-state index in [1.165, 1.54) is 11.9 Å². The van der Waals surface area contributed by atoms with Gasteiger partial charge in [-0.25, -0.2) is 9.97 Å². The maximum atomic E-state index is 5.87. The second kappa shape index (κ2) is 5.69. The van der Waals surface area contributed by atoms with Crippen LogP contribution in [0.3, 0.4) is 0 Å². The van der Waals surface area contributed by atoms with E-state index in [2.05, 4.69) is 34.3 Å². The molecular weight excluding hydrogens is 248 g/mol. The van der Waals surface area contributed by atoms with Gasteiger partial charge in [-0.05, 0) is 12.0 Å². The lowest BCUT2D eigenvalue weighted by Gasteiger charge is -2.19. The van der Waals surface area contributed by atoms with Crippen LogP contribution < -0.4 is 11.1 Å². The van der Waals surface area contributed by atoms with Crippen molar-refractivity contribution in [3.05, 3.63) is 47.4 Å². The van der Waals surface area contributed by atoms with Crippen LogP contribution in [0.5, 0.6) is 0 Å². The average molecular weight is 263 g/mol. The first-order chi connectivity index (χ1) is 8.72. The summed E-state index contributed by atoms with van der Waals surface area (Å²) in [5.74, 6) is 0.575. The van der Waals surface area contributed by atoms with E-state index in [0.717, 1.165) is 6.42 Å². The zero-order valence-electron chi connectivity index (χ0n) is 10.1. The number of aromatic nitrogens is 2. The topological polar surface area (TPSA) is 63.8 Å². The zero-order valence-corrected chi connectivity index (χ0v) is 10.9. The minimum Gasteiger partial charge on any atom is -0.393 e. The van der Waals surface area contributed by atoms with Crippen molar-refractivity contribution in [3.63, 3.8) is 0 Å². The van der Waals surface area contributed by atoms with Crippen LogP contribution in [-0.2, 0) is 0 Å². The van der Waals surface area contributed by atoms with Crippen LogP contribution in [0.25, 0.3) is 0 Å². The van der Waals surface area contributed by atoms with E-state index >= 15 is 0 Å². The molecule has 2 aromatic rings. The summed E-state index contributed by atoms with van der Waals surface area (Å²) in [6.45, 7) is 2.10. The Morgan fingerprint density at radius 1 is 1.28 bits per heavy atom. The molecule has 1 atom stereocenters. The Morgan fingerprint density at radius 3 is 2.67 bits per heavy atom. The van der Waals surface area contributed by atoms with Crippen molar-refractivity contribution in [2.24, 2.45) is 0 Å². The molecule has 2 rings (SSSR count). The predicted octanol–water partition coefficient (Wildman–Crippen LogP) is 3.28. The van der Waals surface area contributed by atoms with Gasteiger partial charge in [-0.3, -0.25) is 0 Å². The molecular formula is C13H15ClN4. The Labute approximate surface area is 111 Å². The molecule has 0 spiro atoms. The number of hydrogen-bond donors (Lipinski definition) is 2. The maximum Gasteiger partial charge on any atom is 0.157 e. The van der Waals surface area contributed by atoms with Crippen LogP contribution in [0.2, 0.25) is 5.15 Å². The fourth-order valence-electron chi connectivity index (χ4n) is 1.76. The third-order valence-electron chi connectivity index (χ3n) is 2.76. The molecule has 0 saturated heterocycles. The van der Waals surface area contributed by atoms with Crippen molar-refractivity contribution < 1.29 is 0 Å². The highest BCUT2D eigenvalue weighted by atomic mass is 35.5. The van der Waals surface area contributed by atoms with Gasteiger partial charge in [0.1, 0.15) is 12.0 Å². The minimum atomic E-state index is 0.152. The minimum absolute atomic E-state index is 0.152. The lowest BCUT2D eigenvalue weighted by molar-refractivity contribution is 0.744. The molecule has 0 radical (unpaired) electrons. The van der Waals surface area contributed by atoms with Crippen LogP contribution in [0.1, 0.15) is 24.9 Å². The van der Waals surface area contributed by atoms with Gasteiger partial charge in [0.25, 0.3) is 0 Å². The highest BCUT2D eigenvalue weighted by molar-refractivity contribution is 6.32. The molecule has 0 aliphatic rings. The van der Waals surface area contributed by atoms with Gasteiger partial charge in [-0.15, -0.1) is 0 Å². The molecule has 0 aliphatic carbocycles. The predicted molar refractivity (Wildman–Crippen MR) is 74.6 cm³/mol. The highest BCUT2D eigenvalue weighted by Gasteiger charge is 2.12. The van der Waals surface area contributed by atoms with Crippen molar-refractivity contribution in [2.45, 2.75) is 19.4 Å². The summed E-state index contributed by atoms with van der Waals surface area (Å²) < 4.78 is 0. The third kappa shape index (κ3) is 2.71. The van der Waals surface area contributed by atoms with Gasteiger partial charge in [0.05, 0.1) is 6.04 Å². The van der Waals surface area contributed by atoms with E-state index in [1.54, 1.807) is 0 Å². The van der Waals surface area contributed by atoms with Crippen LogP contribution in [0.15, 0.2) is 36.7 Å². The van der Waals surface area contributed by atoms with Gasteiger partial charge >= 0.3 is 0 Å². The standard InChI is InChI=1S/C13H15ClN4/c1-2-10(9-6-4-3-5-7-9)18-13-11(15)12(14)16-8-17-13/h3-8,10H,2,15H2,1H3,(H,16,17,18). The zero-order chi connectivity index (χ0) is 13.0. The second-order valence-electron chi connectivity index (χ2n) is 3.94. The molecule has 1 heterocycles. The summed E-state index contributed by atoms with van der Waals surface area (Å²) in [7, 11) is 0. The van der Waals surface area contributed by atoms with Crippen LogP contribution in [0.4, 0.5) is 11.5 Å². The second-order valence-corrected chi connectivity index (χ2v) is 4.30. The summed E-state index contributed by atoms with van der Waals surface area (Å²) in [5, 5.41) is 3.57. The Kier molecular flexibility index (Phi) is 3.99. The molecule has 94 valence electrons. The molecule has 1 aromatic carbocycles. The number of nitrogens with two attached hydrogens (primary N) is 1. The first-order valence-corrected chi connectivity index (χ1v) is 6.17. The SMILES string of the molecule is CCC(Nc1ncnc(Cl)c1N)c1ccccc1. The Morgan fingerprint density at radius 2 is 2.00 bits per heavy atom. The number of halogens is 1. The van der Waals surface area contributed by atoms with Crippen LogP contribution in [-0.4, -0.2) is 9.97 Å². The van der Waals surface area contributed by atoms with Crippen molar-refractivity contribution >= 4 is 23.1 Å². The van der Waals surface area contributed by atoms with Gasteiger partial charge < -0.3 is 11.1 Å². The summed E-state index contributed by atoms with van der Waals surface area (Å²) in [5.41, 5.74) is 7.42. The molecule has 0 saturated carbocycles. The number of nitrogen functional groups attached to an aromatic ring is 1. The highest BCUT2D eigenvalue weighted by Crippen LogP contribution is 2.27. The fraction of sp³-hybridized carbons (Fsp3) is 0.231. The molecule has 0 amide bonds. The van der Waals surface area contributed by atoms with E-state index in [4.69, 9.17) is 17.3 Å². The van der Waals surface area contributed by atoms with Crippen LogP contribution in [0, 0.1) is 0 Å². The monoisotopic (exact) mass is 262 g/mol. The van der Waals surface area contributed by atoms with Gasteiger partial charge in [0.15, 0.2) is 11.0 Å². The molecule has 0 fully saturated rings. The van der Waals surface area contributed by atoms with E-state index < -0.39 is 0 Å². The summed E-state index contributed by atoms with van der Waals surface area (Å²) in [4.78, 5) is 7.96. The van der Waals surface area contributed by atoms with Gasteiger partial charge in [0.2, 0.25) is 0 Å². The van der Waals surface area contributed by atoms with E-state index in [9.17, 15) is 0 Å². The molecule has 18 heavy (non-hydrogen) atoms. The third-order valence-corrected chi connectivity index (χ3v) is 3.06. The molecule has 4 nitrogen and oxygen atoms in total. The normalized spacial score (nSPS) is 12.1. The lowest BCUT2D eigenvalue weighted by Crippen LogP contribution is -2.12. The smallest absolute Gasteiger partial charge is 0.157 e. The maximum absolute atomic E-state index is 5.87. The molecule has 0 aliphatic heterocycles. The first kappa shape index (κ1) is 12.6. The number of hydrogen-bond acceptors (Lipinski definition) is 4. The van der Waals surface area contributed by atoms with Crippen molar-refractivity contribution in [1.29, 1.82) is 0 Å². The van der Waals surface area contributed by atoms with E-state index in [0.29, 0.717) is 11.5 Å². The van der Waals surface area contributed by atoms with Crippen molar-refractivity contribution in [1.82, 2.24) is 9.97 Å². The van der Waals surface area contributed by atoms with Gasteiger partial charge in [-0.1, -0.05) is 48.9 Å². The number of benzene rings is 1. The van der Waals surface area contributed by atoms with Gasteiger partial charge in [-0.2, -0.15) is 0 Å². The molecule has 1 unspecified atom stereocenters. The van der Waals surface area contributed by atoms with Gasteiger partial charge in [0, 0.05) is 0 Å². The Bertz CT molecular complexity index is 516. The summed E-state index contributed by atoms with van der Waals surface area (Å²) >= 11 is 5.87. The lowest BCUT2D eigenvalue weighted by atomic mass is 10.0. The first-order valence-electron chi connectivity index (χ1n) is 5.79. The van der Waals surface area contributed by atoms with E-state index in [-0.39, 0.29) is 11.2 Å². The summed E-state index contributed by atoms with van der Waals surface area (Å²) in [6, 6.07) is 10.3. The van der Waals surface area contributed by atoms with E-state index in [1.807, 2.05) is 18.2 Å². The van der Waals surface area contributed by atoms with Crippen molar-refractivity contribution in [3.8, 4) is 0 Å². The molecule has 1 aromatic heterocycles. The Hall–Kier alpha value is -1.81. The number of anilines is 2. The quantitative estimate of drug-likeness (QED) is 0.830. The number of rotatable bonds is 4.